The highest BCUT2D eigenvalue weighted by molar-refractivity contribution is 6.33. The fourth-order valence-corrected chi connectivity index (χ4v) is 5.93. The summed E-state index contributed by atoms with van der Waals surface area (Å²) >= 11 is 6.48. The molecular formula is C29H30ClN5O4. The molecule has 0 bridgehead atoms. The summed E-state index contributed by atoms with van der Waals surface area (Å²) in [6.07, 6.45) is 3.86. The van der Waals surface area contributed by atoms with Crippen molar-refractivity contribution in [3.8, 4) is 11.3 Å². The summed E-state index contributed by atoms with van der Waals surface area (Å²) in [5.74, 6) is 0.170. The highest BCUT2D eigenvalue weighted by Gasteiger charge is 2.44. The van der Waals surface area contributed by atoms with E-state index in [0.29, 0.717) is 55.0 Å². The second kappa shape index (κ2) is 10.9. The topological polar surface area (TPSA) is 108 Å². The lowest BCUT2D eigenvalue weighted by molar-refractivity contribution is -0.134. The molecule has 3 aliphatic heterocycles. The van der Waals surface area contributed by atoms with Crippen LogP contribution in [-0.2, 0) is 16.1 Å². The van der Waals surface area contributed by atoms with Gasteiger partial charge in [-0.05, 0) is 36.5 Å². The Balaban J connectivity index is 1.20. The number of halogens is 1. The minimum atomic E-state index is -0.566. The van der Waals surface area contributed by atoms with Gasteiger partial charge < -0.3 is 25.0 Å². The molecule has 2 N–H and O–H groups in total. The Bertz CT molecular complexity index is 1380. The molecule has 3 aliphatic rings. The van der Waals surface area contributed by atoms with Gasteiger partial charge in [-0.3, -0.25) is 9.59 Å². The number of nitrogens with one attached hydrogen (secondary N) is 1. The SMILES string of the molecule is O=C1c2cc(-c3nc(NC4CCOCC4)ncc3Cl)ccc2CN1C1CCN(C(CO)c2ccccc2)C1=O. The van der Waals surface area contributed by atoms with Crippen LogP contribution >= 0.6 is 11.6 Å². The standard InChI is InChI=1S/C29H30ClN5O4/c30-23-15-31-29(32-21-9-12-39-13-10-21)33-26(23)19-6-7-20-16-35(27(37)22(20)14-19)24-8-11-34(28(24)38)25(17-36)18-4-2-1-3-5-18/h1-7,14-15,21,24-25,36H,8-13,16-17H2,(H,31,32,33). The maximum Gasteiger partial charge on any atom is 0.255 e. The minimum Gasteiger partial charge on any atom is -0.394 e. The monoisotopic (exact) mass is 547 g/mol. The highest BCUT2D eigenvalue weighted by atomic mass is 35.5. The lowest BCUT2D eigenvalue weighted by Crippen LogP contribution is -2.43. The molecule has 202 valence electrons. The van der Waals surface area contributed by atoms with Crippen LogP contribution in [0.1, 0.15) is 46.8 Å². The molecule has 9 nitrogen and oxygen atoms in total. The van der Waals surface area contributed by atoms with Crippen molar-refractivity contribution in [2.75, 3.05) is 31.7 Å². The van der Waals surface area contributed by atoms with Gasteiger partial charge in [0.05, 0.1) is 29.6 Å². The fraction of sp³-hybridized carbons (Fsp3) is 0.379. The number of anilines is 1. The van der Waals surface area contributed by atoms with Crippen LogP contribution in [0.15, 0.2) is 54.7 Å². The summed E-state index contributed by atoms with van der Waals surface area (Å²) < 4.78 is 5.43. The summed E-state index contributed by atoms with van der Waals surface area (Å²) in [6, 6.07) is 14.4. The van der Waals surface area contributed by atoms with Crippen LogP contribution < -0.4 is 5.32 Å². The van der Waals surface area contributed by atoms with Crippen molar-refractivity contribution >= 4 is 29.4 Å². The summed E-state index contributed by atoms with van der Waals surface area (Å²) in [5.41, 5.74) is 3.56. The number of aliphatic hydroxyl groups excluding tert-OH is 1. The Labute approximate surface area is 231 Å². The minimum absolute atomic E-state index is 0.137. The van der Waals surface area contributed by atoms with Crippen LogP contribution in [0, 0.1) is 0 Å². The first-order chi connectivity index (χ1) is 19.0. The molecule has 2 unspecified atom stereocenters. The summed E-state index contributed by atoms with van der Waals surface area (Å²) in [6.45, 7) is 2.08. The first-order valence-electron chi connectivity index (χ1n) is 13.3. The molecule has 10 heteroatoms. The summed E-state index contributed by atoms with van der Waals surface area (Å²) in [5, 5.41) is 13.8. The van der Waals surface area contributed by atoms with Crippen molar-refractivity contribution in [2.24, 2.45) is 0 Å². The number of amides is 2. The molecule has 4 heterocycles. The highest BCUT2D eigenvalue weighted by Crippen LogP contribution is 2.35. The summed E-state index contributed by atoms with van der Waals surface area (Å²) in [7, 11) is 0. The first kappa shape index (κ1) is 25.7. The van der Waals surface area contributed by atoms with Gasteiger partial charge in [-0.2, -0.15) is 0 Å². The number of carbonyl (C=O) groups excluding carboxylic acids is 2. The van der Waals surface area contributed by atoms with Crippen molar-refractivity contribution in [1.82, 2.24) is 19.8 Å². The fourth-order valence-electron chi connectivity index (χ4n) is 5.73. The normalized spacial score (nSPS) is 20.4. The maximum atomic E-state index is 13.6. The number of hydrogen-bond donors (Lipinski definition) is 2. The van der Waals surface area contributed by atoms with Crippen LogP contribution in [0.3, 0.4) is 0 Å². The van der Waals surface area contributed by atoms with E-state index < -0.39 is 12.1 Å². The van der Waals surface area contributed by atoms with Gasteiger partial charge in [0.1, 0.15) is 6.04 Å². The van der Waals surface area contributed by atoms with Crippen LogP contribution in [0.2, 0.25) is 5.02 Å². The molecule has 39 heavy (non-hydrogen) atoms. The van der Waals surface area contributed by atoms with Crippen LogP contribution in [0.25, 0.3) is 11.3 Å². The van der Waals surface area contributed by atoms with E-state index in [0.717, 1.165) is 29.5 Å². The quantitative estimate of drug-likeness (QED) is 0.464. The van der Waals surface area contributed by atoms with Crippen molar-refractivity contribution in [1.29, 1.82) is 0 Å². The van der Waals surface area contributed by atoms with Crippen molar-refractivity contribution in [3.63, 3.8) is 0 Å². The third-order valence-corrected chi connectivity index (χ3v) is 8.11. The number of carbonyl (C=O) groups is 2. The first-order valence-corrected chi connectivity index (χ1v) is 13.7. The number of fused-ring (bicyclic) bond motifs is 1. The molecule has 0 aliphatic carbocycles. The number of benzene rings is 2. The molecule has 0 saturated carbocycles. The van der Waals surface area contributed by atoms with Crippen molar-refractivity contribution in [3.05, 3.63) is 76.4 Å². The number of likely N-dealkylation sites (tertiary alicyclic amines) is 1. The number of aliphatic hydroxyl groups is 1. The van der Waals surface area contributed by atoms with Gasteiger partial charge in [0.25, 0.3) is 5.91 Å². The molecule has 2 amide bonds. The molecule has 2 fully saturated rings. The van der Waals surface area contributed by atoms with E-state index in [2.05, 4.69) is 15.3 Å². The number of rotatable bonds is 7. The van der Waals surface area contributed by atoms with Gasteiger partial charge in [-0.25, -0.2) is 9.97 Å². The number of aromatic nitrogens is 2. The van der Waals surface area contributed by atoms with E-state index in [1.165, 1.54) is 0 Å². The Kier molecular flexibility index (Phi) is 7.20. The van der Waals surface area contributed by atoms with Gasteiger partial charge in [0.15, 0.2) is 0 Å². The number of nitrogens with zero attached hydrogens (tertiary/aromatic N) is 4. The van der Waals surface area contributed by atoms with Crippen LogP contribution in [0.4, 0.5) is 5.95 Å². The third kappa shape index (κ3) is 4.97. The Morgan fingerprint density at radius 1 is 1.10 bits per heavy atom. The molecule has 2 atom stereocenters. The second-order valence-electron chi connectivity index (χ2n) is 10.2. The zero-order valence-electron chi connectivity index (χ0n) is 21.4. The lowest BCUT2D eigenvalue weighted by Gasteiger charge is -2.28. The molecule has 2 saturated heterocycles. The number of hydrogen-bond acceptors (Lipinski definition) is 7. The average Bonchev–Trinajstić information content (AvgIpc) is 3.50. The second-order valence-corrected chi connectivity index (χ2v) is 10.6. The predicted molar refractivity (Wildman–Crippen MR) is 146 cm³/mol. The van der Waals surface area contributed by atoms with E-state index in [1.807, 2.05) is 48.5 Å². The number of ether oxygens (including phenoxy) is 1. The average molecular weight is 548 g/mol. The molecule has 0 radical (unpaired) electrons. The Morgan fingerprint density at radius 3 is 2.67 bits per heavy atom. The van der Waals surface area contributed by atoms with Gasteiger partial charge in [0.2, 0.25) is 11.9 Å². The van der Waals surface area contributed by atoms with Crippen LogP contribution in [-0.4, -0.2) is 75.1 Å². The summed E-state index contributed by atoms with van der Waals surface area (Å²) in [4.78, 5) is 39.4. The van der Waals surface area contributed by atoms with Gasteiger partial charge in [-0.15, -0.1) is 0 Å². The Hall–Kier alpha value is -3.53. The zero-order valence-corrected chi connectivity index (χ0v) is 22.2. The van der Waals surface area contributed by atoms with Crippen molar-refractivity contribution < 1.29 is 19.4 Å². The lowest BCUT2D eigenvalue weighted by atomic mass is 10.0. The van der Waals surface area contributed by atoms with Gasteiger partial charge >= 0.3 is 0 Å². The molecule has 0 spiro atoms. The van der Waals surface area contributed by atoms with E-state index in [-0.39, 0.29) is 24.5 Å². The zero-order chi connectivity index (χ0) is 26.9. The van der Waals surface area contributed by atoms with E-state index in [4.69, 9.17) is 16.3 Å². The van der Waals surface area contributed by atoms with Gasteiger partial charge in [0, 0.05) is 43.5 Å². The van der Waals surface area contributed by atoms with Crippen LogP contribution in [0.5, 0.6) is 0 Å². The van der Waals surface area contributed by atoms with E-state index >= 15 is 0 Å². The molecular weight excluding hydrogens is 518 g/mol. The molecule has 3 aromatic rings. The largest absolute Gasteiger partial charge is 0.394 e. The van der Waals surface area contributed by atoms with E-state index in [1.54, 1.807) is 16.0 Å². The predicted octanol–water partition coefficient (Wildman–Crippen LogP) is 3.68. The maximum absolute atomic E-state index is 13.6. The molecule has 1 aromatic heterocycles. The third-order valence-electron chi connectivity index (χ3n) is 7.84. The Morgan fingerprint density at radius 2 is 1.90 bits per heavy atom. The van der Waals surface area contributed by atoms with Crippen molar-refractivity contribution in [2.45, 2.75) is 43.9 Å². The molecule has 6 rings (SSSR count). The molecule has 2 aromatic carbocycles. The smallest absolute Gasteiger partial charge is 0.255 e. The van der Waals surface area contributed by atoms with Gasteiger partial charge in [-0.1, -0.05) is 54.1 Å². The van der Waals surface area contributed by atoms with E-state index in [9.17, 15) is 14.7 Å².